The quantitative estimate of drug-likeness (QED) is 0.917. The van der Waals surface area contributed by atoms with Crippen molar-refractivity contribution >= 4 is 12.0 Å². The Morgan fingerprint density at radius 2 is 2.04 bits per heavy atom. The van der Waals surface area contributed by atoms with E-state index in [-0.39, 0.29) is 24.5 Å². The lowest BCUT2D eigenvalue weighted by atomic mass is 9.91. The summed E-state index contributed by atoms with van der Waals surface area (Å²) >= 11 is 0. The van der Waals surface area contributed by atoms with Gasteiger partial charge in [-0.2, -0.15) is 0 Å². The zero-order valence-electron chi connectivity index (χ0n) is 13.4. The van der Waals surface area contributed by atoms with Gasteiger partial charge in [-0.25, -0.2) is 13.6 Å². The Hall–Kier alpha value is -2.18. The van der Waals surface area contributed by atoms with Crippen molar-refractivity contribution in [3.63, 3.8) is 0 Å². The van der Waals surface area contributed by atoms with Crippen molar-refractivity contribution in [3.8, 4) is 0 Å². The molecule has 0 radical (unpaired) electrons. The second-order valence-electron chi connectivity index (χ2n) is 6.39. The maximum absolute atomic E-state index is 13.4. The number of carbonyl (C=O) groups excluding carboxylic acids is 2. The summed E-state index contributed by atoms with van der Waals surface area (Å²) in [7, 11) is 0. The van der Waals surface area contributed by atoms with E-state index in [9.17, 15) is 18.4 Å². The summed E-state index contributed by atoms with van der Waals surface area (Å²) in [5.74, 6) is -1.62. The SMILES string of the molecule is CC(=O)N[C@@H](Cc1cc(F)cc(F)c1)[C@@H]1OC(=O)N2CCCC[C@@H]12. The number of halogens is 2. The van der Waals surface area contributed by atoms with Crippen LogP contribution in [0.3, 0.4) is 0 Å². The van der Waals surface area contributed by atoms with Gasteiger partial charge < -0.3 is 15.0 Å². The first kappa shape index (κ1) is 16.7. The smallest absolute Gasteiger partial charge is 0.410 e. The van der Waals surface area contributed by atoms with E-state index < -0.39 is 23.8 Å². The molecule has 2 amide bonds. The molecule has 7 heteroatoms. The lowest BCUT2D eigenvalue weighted by Gasteiger charge is -2.32. The van der Waals surface area contributed by atoms with Crippen LogP contribution in [0, 0.1) is 11.6 Å². The number of hydrogen-bond acceptors (Lipinski definition) is 3. The van der Waals surface area contributed by atoms with E-state index in [1.807, 2.05) is 0 Å². The van der Waals surface area contributed by atoms with Crippen molar-refractivity contribution in [2.45, 2.75) is 50.8 Å². The highest BCUT2D eigenvalue weighted by molar-refractivity contribution is 5.74. The minimum Gasteiger partial charge on any atom is -0.442 e. The molecule has 3 atom stereocenters. The summed E-state index contributed by atoms with van der Waals surface area (Å²) in [5, 5.41) is 2.78. The molecule has 2 aliphatic heterocycles. The number of nitrogens with one attached hydrogen (secondary N) is 1. The molecule has 3 rings (SSSR count). The largest absolute Gasteiger partial charge is 0.442 e. The van der Waals surface area contributed by atoms with Gasteiger partial charge in [0.05, 0.1) is 12.1 Å². The van der Waals surface area contributed by atoms with E-state index in [2.05, 4.69) is 5.32 Å². The number of amides is 2. The lowest BCUT2D eigenvalue weighted by molar-refractivity contribution is -0.120. The monoisotopic (exact) mass is 338 g/mol. The topological polar surface area (TPSA) is 58.6 Å². The van der Waals surface area contributed by atoms with Gasteiger partial charge in [0.2, 0.25) is 5.91 Å². The van der Waals surface area contributed by atoms with Crippen LogP contribution < -0.4 is 5.32 Å². The summed E-state index contributed by atoms with van der Waals surface area (Å²) in [6.07, 6.45) is 1.99. The lowest BCUT2D eigenvalue weighted by Crippen LogP contribution is -2.51. The number of ether oxygens (including phenoxy) is 1. The number of carbonyl (C=O) groups is 2. The van der Waals surface area contributed by atoms with E-state index in [1.54, 1.807) is 4.90 Å². The molecule has 1 aromatic rings. The Balaban J connectivity index is 1.83. The predicted octanol–water partition coefficient (Wildman–Crippen LogP) is 2.39. The van der Waals surface area contributed by atoms with Crippen LogP contribution in [-0.4, -0.2) is 41.6 Å². The Morgan fingerprint density at radius 1 is 1.33 bits per heavy atom. The van der Waals surface area contributed by atoms with Crippen molar-refractivity contribution in [1.82, 2.24) is 10.2 Å². The molecule has 5 nitrogen and oxygen atoms in total. The average molecular weight is 338 g/mol. The number of piperidine rings is 1. The average Bonchev–Trinajstić information content (AvgIpc) is 2.83. The molecular formula is C17H20F2N2O3. The highest BCUT2D eigenvalue weighted by atomic mass is 19.1. The van der Waals surface area contributed by atoms with Crippen LogP contribution >= 0.6 is 0 Å². The number of hydrogen-bond donors (Lipinski definition) is 1. The third-order valence-electron chi connectivity index (χ3n) is 4.56. The summed E-state index contributed by atoms with van der Waals surface area (Å²) in [4.78, 5) is 25.3. The van der Waals surface area contributed by atoms with Gasteiger partial charge in [-0.05, 0) is 43.4 Å². The second kappa shape index (κ2) is 6.75. The summed E-state index contributed by atoms with van der Waals surface area (Å²) in [6.45, 7) is 2.01. The Bertz CT molecular complexity index is 632. The number of fused-ring (bicyclic) bond motifs is 1. The second-order valence-corrected chi connectivity index (χ2v) is 6.39. The van der Waals surface area contributed by atoms with Gasteiger partial charge >= 0.3 is 6.09 Å². The molecule has 2 saturated heterocycles. The Morgan fingerprint density at radius 3 is 2.71 bits per heavy atom. The van der Waals surface area contributed by atoms with Gasteiger partial charge in [0.15, 0.2) is 0 Å². The first-order valence-corrected chi connectivity index (χ1v) is 8.13. The summed E-state index contributed by atoms with van der Waals surface area (Å²) in [5.41, 5.74) is 0.413. The number of rotatable bonds is 4. The number of cyclic esters (lactones) is 1. The van der Waals surface area contributed by atoms with E-state index in [0.717, 1.165) is 25.3 Å². The van der Waals surface area contributed by atoms with Crippen molar-refractivity contribution in [2.75, 3.05) is 6.54 Å². The zero-order chi connectivity index (χ0) is 17.3. The first-order chi connectivity index (χ1) is 11.4. The van der Waals surface area contributed by atoms with Crippen LogP contribution in [0.2, 0.25) is 0 Å². The molecule has 24 heavy (non-hydrogen) atoms. The minimum absolute atomic E-state index is 0.110. The maximum atomic E-state index is 13.4. The standard InChI is InChI=1S/C17H20F2N2O3/c1-10(22)20-14(8-11-6-12(18)9-13(19)7-11)16-15-4-2-3-5-21(15)17(23)24-16/h6-7,9,14-16H,2-5,8H2,1H3,(H,20,22)/t14-,15-,16-/m0/s1. The molecular weight excluding hydrogens is 318 g/mol. The van der Waals surface area contributed by atoms with E-state index >= 15 is 0 Å². The minimum atomic E-state index is -0.672. The normalized spacial score (nSPS) is 24.3. The Labute approximate surface area is 139 Å². The molecule has 0 spiro atoms. The van der Waals surface area contributed by atoms with Crippen LogP contribution in [0.15, 0.2) is 18.2 Å². The fraction of sp³-hybridized carbons (Fsp3) is 0.529. The van der Waals surface area contributed by atoms with Crippen LogP contribution in [0.1, 0.15) is 31.7 Å². The molecule has 0 bridgehead atoms. The fourth-order valence-electron chi connectivity index (χ4n) is 3.63. The van der Waals surface area contributed by atoms with Gasteiger partial charge in [-0.15, -0.1) is 0 Å². The molecule has 0 aliphatic carbocycles. The molecule has 2 heterocycles. The number of nitrogens with zero attached hydrogens (tertiary/aromatic N) is 1. The predicted molar refractivity (Wildman–Crippen MR) is 82.3 cm³/mol. The van der Waals surface area contributed by atoms with E-state index in [4.69, 9.17) is 4.74 Å². The summed E-state index contributed by atoms with van der Waals surface area (Å²) < 4.78 is 32.3. The molecule has 0 unspecified atom stereocenters. The van der Waals surface area contributed by atoms with Crippen molar-refractivity contribution < 1.29 is 23.1 Å². The van der Waals surface area contributed by atoms with Gasteiger partial charge in [0.1, 0.15) is 17.7 Å². The number of benzene rings is 1. The zero-order valence-corrected chi connectivity index (χ0v) is 13.4. The highest BCUT2D eigenvalue weighted by Crippen LogP contribution is 2.31. The van der Waals surface area contributed by atoms with Gasteiger partial charge in [0.25, 0.3) is 0 Å². The Kier molecular flexibility index (Phi) is 4.69. The van der Waals surface area contributed by atoms with Crippen molar-refractivity contribution in [2.24, 2.45) is 0 Å². The van der Waals surface area contributed by atoms with Crippen LogP contribution in [0.25, 0.3) is 0 Å². The fourth-order valence-corrected chi connectivity index (χ4v) is 3.63. The van der Waals surface area contributed by atoms with E-state index in [1.165, 1.54) is 19.1 Å². The van der Waals surface area contributed by atoms with Crippen LogP contribution in [0.5, 0.6) is 0 Å². The van der Waals surface area contributed by atoms with Crippen LogP contribution in [-0.2, 0) is 16.0 Å². The molecule has 2 aliphatic rings. The molecule has 2 fully saturated rings. The van der Waals surface area contributed by atoms with Gasteiger partial charge in [-0.1, -0.05) is 0 Å². The van der Waals surface area contributed by atoms with E-state index in [0.29, 0.717) is 12.1 Å². The van der Waals surface area contributed by atoms with Gasteiger partial charge in [0, 0.05) is 19.5 Å². The molecule has 0 aromatic heterocycles. The van der Waals surface area contributed by atoms with Crippen molar-refractivity contribution in [3.05, 3.63) is 35.4 Å². The van der Waals surface area contributed by atoms with Crippen molar-refractivity contribution in [1.29, 1.82) is 0 Å². The van der Waals surface area contributed by atoms with Crippen LogP contribution in [0.4, 0.5) is 13.6 Å². The third kappa shape index (κ3) is 3.49. The molecule has 0 saturated carbocycles. The highest BCUT2D eigenvalue weighted by Gasteiger charge is 2.46. The third-order valence-corrected chi connectivity index (χ3v) is 4.56. The maximum Gasteiger partial charge on any atom is 0.410 e. The molecule has 130 valence electrons. The molecule has 1 aromatic carbocycles. The molecule has 1 N–H and O–H groups in total. The first-order valence-electron chi connectivity index (χ1n) is 8.13. The van der Waals surface area contributed by atoms with Gasteiger partial charge in [-0.3, -0.25) is 4.79 Å². The summed E-state index contributed by atoms with van der Waals surface area (Å²) in [6, 6.07) is 2.62.